The minimum Gasteiger partial charge on any atom is -0.331 e. The van der Waals surface area contributed by atoms with Gasteiger partial charge in [-0.25, -0.2) is 4.79 Å². The summed E-state index contributed by atoms with van der Waals surface area (Å²) in [6.45, 7) is 1.84. The second-order valence-corrected chi connectivity index (χ2v) is 4.41. The van der Waals surface area contributed by atoms with Crippen LogP contribution in [0.4, 0.5) is 16.2 Å². The molecule has 0 saturated carbocycles. The van der Waals surface area contributed by atoms with Crippen molar-refractivity contribution >= 4 is 17.4 Å². The van der Waals surface area contributed by atoms with Crippen molar-refractivity contribution in [2.24, 2.45) is 0 Å². The fraction of sp³-hybridized carbons (Fsp3) is 0.143. The fourth-order valence-electron chi connectivity index (χ4n) is 1.75. The van der Waals surface area contributed by atoms with Crippen LogP contribution in [0.2, 0.25) is 0 Å². The van der Waals surface area contributed by atoms with Crippen molar-refractivity contribution in [3.8, 4) is 0 Å². The highest BCUT2D eigenvalue weighted by atomic mass is 16.6. The maximum atomic E-state index is 11.8. The Morgan fingerprint density at radius 2 is 2.00 bits per heavy atom. The van der Waals surface area contributed by atoms with Crippen LogP contribution in [0.15, 0.2) is 48.8 Å². The van der Waals surface area contributed by atoms with Gasteiger partial charge in [-0.15, -0.1) is 0 Å². The van der Waals surface area contributed by atoms with E-state index in [1.54, 1.807) is 18.5 Å². The molecular formula is C14H14N4O3. The van der Waals surface area contributed by atoms with Gasteiger partial charge in [0.2, 0.25) is 0 Å². The van der Waals surface area contributed by atoms with Crippen LogP contribution in [-0.4, -0.2) is 15.9 Å². The Morgan fingerprint density at radius 1 is 1.29 bits per heavy atom. The summed E-state index contributed by atoms with van der Waals surface area (Å²) in [5.41, 5.74) is 1.34. The van der Waals surface area contributed by atoms with Crippen LogP contribution in [-0.2, 0) is 0 Å². The fourth-order valence-corrected chi connectivity index (χ4v) is 1.75. The standard InChI is InChI=1S/C14H14N4O3/c1-10(11-3-2-8-15-9-11)16-14(19)17-12-4-6-13(7-5-12)18(20)21/h2-10H,1H3,(H2,16,17,19). The molecule has 2 rings (SSSR count). The Morgan fingerprint density at radius 3 is 2.57 bits per heavy atom. The highest BCUT2D eigenvalue weighted by Crippen LogP contribution is 2.16. The molecule has 0 radical (unpaired) electrons. The van der Waals surface area contributed by atoms with Gasteiger partial charge in [-0.2, -0.15) is 0 Å². The van der Waals surface area contributed by atoms with Gasteiger partial charge in [0, 0.05) is 30.2 Å². The van der Waals surface area contributed by atoms with Gasteiger partial charge >= 0.3 is 6.03 Å². The molecule has 0 fully saturated rings. The SMILES string of the molecule is CC(NC(=O)Nc1ccc([N+](=O)[O-])cc1)c1cccnc1. The first kappa shape index (κ1) is 14.4. The first-order valence-electron chi connectivity index (χ1n) is 6.28. The summed E-state index contributed by atoms with van der Waals surface area (Å²) in [5.74, 6) is 0. The number of anilines is 1. The largest absolute Gasteiger partial charge is 0.331 e. The van der Waals surface area contributed by atoms with E-state index >= 15 is 0 Å². The van der Waals surface area contributed by atoms with Crippen molar-refractivity contribution in [3.05, 3.63) is 64.5 Å². The van der Waals surface area contributed by atoms with E-state index in [0.717, 1.165) is 5.56 Å². The summed E-state index contributed by atoms with van der Waals surface area (Å²) in [6, 6.07) is 8.70. The second kappa shape index (κ2) is 6.47. The molecule has 0 spiro atoms. The summed E-state index contributed by atoms with van der Waals surface area (Å²) < 4.78 is 0. The average molecular weight is 286 g/mol. The number of nitro groups is 1. The molecule has 1 aromatic carbocycles. The van der Waals surface area contributed by atoms with Crippen molar-refractivity contribution in [3.63, 3.8) is 0 Å². The lowest BCUT2D eigenvalue weighted by Crippen LogP contribution is -2.31. The normalized spacial score (nSPS) is 11.5. The van der Waals surface area contributed by atoms with Gasteiger partial charge in [-0.1, -0.05) is 6.07 Å². The number of benzene rings is 1. The predicted octanol–water partition coefficient (Wildman–Crippen LogP) is 2.87. The lowest BCUT2D eigenvalue weighted by atomic mass is 10.1. The van der Waals surface area contributed by atoms with Crippen LogP contribution in [0.1, 0.15) is 18.5 Å². The number of carbonyl (C=O) groups is 1. The molecule has 21 heavy (non-hydrogen) atoms. The number of nitrogens with zero attached hydrogens (tertiary/aromatic N) is 2. The van der Waals surface area contributed by atoms with E-state index in [9.17, 15) is 14.9 Å². The van der Waals surface area contributed by atoms with E-state index in [4.69, 9.17) is 0 Å². The summed E-state index contributed by atoms with van der Waals surface area (Å²) >= 11 is 0. The summed E-state index contributed by atoms with van der Waals surface area (Å²) in [6.07, 6.45) is 3.34. The van der Waals surface area contributed by atoms with Crippen molar-refractivity contribution in [1.82, 2.24) is 10.3 Å². The molecule has 1 heterocycles. The topological polar surface area (TPSA) is 97.2 Å². The van der Waals surface area contributed by atoms with Crippen LogP contribution < -0.4 is 10.6 Å². The Balaban J connectivity index is 1.94. The molecule has 1 aromatic heterocycles. The monoisotopic (exact) mass is 286 g/mol. The van der Waals surface area contributed by atoms with E-state index in [0.29, 0.717) is 5.69 Å². The molecule has 0 saturated heterocycles. The molecule has 0 bridgehead atoms. The van der Waals surface area contributed by atoms with Crippen LogP contribution >= 0.6 is 0 Å². The molecule has 0 aliphatic rings. The molecule has 2 amide bonds. The smallest absolute Gasteiger partial charge is 0.319 e. The van der Waals surface area contributed by atoms with Crippen molar-refractivity contribution in [1.29, 1.82) is 0 Å². The highest BCUT2D eigenvalue weighted by molar-refractivity contribution is 5.89. The van der Waals surface area contributed by atoms with Crippen molar-refractivity contribution < 1.29 is 9.72 Å². The van der Waals surface area contributed by atoms with E-state index in [-0.39, 0.29) is 17.8 Å². The lowest BCUT2D eigenvalue weighted by Gasteiger charge is -2.14. The second-order valence-electron chi connectivity index (χ2n) is 4.41. The van der Waals surface area contributed by atoms with Crippen molar-refractivity contribution in [2.45, 2.75) is 13.0 Å². The summed E-state index contributed by atoms with van der Waals surface area (Å²) in [5, 5.41) is 15.9. The quantitative estimate of drug-likeness (QED) is 0.667. The number of rotatable bonds is 4. The van der Waals surface area contributed by atoms with Gasteiger partial charge in [-0.3, -0.25) is 15.1 Å². The number of nitro benzene ring substituents is 1. The minimum atomic E-state index is -0.492. The molecule has 2 aromatic rings. The van der Waals surface area contributed by atoms with Gasteiger partial charge in [0.05, 0.1) is 11.0 Å². The zero-order valence-electron chi connectivity index (χ0n) is 11.3. The van der Waals surface area contributed by atoms with Gasteiger partial charge < -0.3 is 10.6 Å². The van der Waals surface area contributed by atoms with E-state index in [1.807, 2.05) is 13.0 Å². The van der Waals surface area contributed by atoms with Crippen molar-refractivity contribution in [2.75, 3.05) is 5.32 Å². The van der Waals surface area contributed by atoms with Gasteiger partial charge in [-0.05, 0) is 30.7 Å². The van der Waals surface area contributed by atoms with Crippen LogP contribution in [0.25, 0.3) is 0 Å². The first-order valence-corrected chi connectivity index (χ1v) is 6.28. The van der Waals surface area contributed by atoms with Crippen LogP contribution in [0.5, 0.6) is 0 Å². The number of pyridine rings is 1. The van der Waals surface area contributed by atoms with Crippen LogP contribution in [0.3, 0.4) is 0 Å². The molecule has 108 valence electrons. The summed E-state index contributed by atoms with van der Waals surface area (Å²) in [7, 11) is 0. The van der Waals surface area contributed by atoms with Crippen LogP contribution in [0, 0.1) is 10.1 Å². The highest BCUT2D eigenvalue weighted by Gasteiger charge is 2.10. The molecule has 7 heteroatoms. The maximum absolute atomic E-state index is 11.8. The Bertz CT molecular complexity index is 628. The zero-order valence-corrected chi connectivity index (χ0v) is 11.3. The Hall–Kier alpha value is -2.96. The molecule has 1 unspecified atom stereocenters. The number of urea groups is 1. The van der Waals surface area contributed by atoms with E-state index in [2.05, 4.69) is 15.6 Å². The number of carbonyl (C=O) groups excluding carboxylic acids is 1. The lowest BCUT2D eigenvalue weighted by molar-refractivity contribution is -0.384. The first-order chi connectivity index (χ1) is 10.1. The van der Waals surface area contributed by atoms with E-state index < -0.39 is 4.92 Å². The van der Waals surface area contributed by atoms with Gasteiger partial charge in [0.25, 0.3) is 5.69 Å². The molecule has 7 nitrogen and oxygen atoms in total. The third-order valence-electron chi connectivity index (χ3n) is 2.87. The maximum Gasteiger partial charge on any atom is 0.319 e. The van der Waals surface area contributed by atoms with E-state index in [1.165, 1.54) is 24.3 Å². The van der Waals surface area contributed by atoms with Gasteiger partial charge in [0.1, 0.15) is 0 Å². The minimum absolute atomic E-state index is 0.0234. The zero-order chi connectivity index (χ0) is 15.2. The molecule has 1 atom stereocenters. The number of nitrogens with one attached hydrogen (secondary N) is 2. The number of hydrogen-bond acceptors (Lipinski definition) is 4. The molecule has 0 aliphatic heterocycles. The Labute approximate surface area is 121 Å². The van der Waals surface area contributed by atoms with Gasteiger partial charge in [0.15, 0.2) is 0 Å². The molecule has 2 N–H and O–H groups in total. The average Bonchev–Trinajstić information content (AvgIpc) is 2.48. The number of non-ortho nitro benzene ring substituents is 1. The number of amides is 2. The number of aromatic nitrogens is 1. The molecule has 0 aliphatic carbocycles. The summed E-state index contributed by atoms with van der Waals surface area (Å²) in [4.78, 5) is 25.9. The number of hydrogen-bond donors (Lipinski definition) is 2. The molecular weight excluding hydrogens is 272 g/mol. The third-order valence-corrected chi connectivity index (χ3v) is 2.87. The Kier molecular flexibility index (Phi) is 4.45. The predicted molar refractivity (Wildman–Crippen MR) is 77.9 cm³/mol. The third kappa shape index (κ3) is 4.00.